The van der Waals surface area contributed by atoms with E-state index < -0.39 is 11.6 Å². The summed E-state index contributed by atoms with van der Waals surface area (Å²) in [6, 6.07) is 8.05. The Morgan fingerprint density at radius 3 is 2.59 bits per heavy atom. The number of carbonyl (C=O) groups is 1. The molecule has 1 aromatic rings. The Hall–Kier alpha value is -1.62. The van der Waals surface area contributed by atoms with Crippen LogP contribution in [0.2, 0.25) is 0 Å². The molecule has 0 amide bonds. The lowest BCUT2D eigenvalue weighted by Crippen LogP contribution is -2.41. The summed E-state index contributed by atoms with van der Waals surface area (Å²) in [5.41, 5.74) is 0.978. The zero-order chi connectivity index (χ0) is 16.2. The van der Waals surface area contributed by atoms with Crippen molar-refractivity contribution in [2.45, 2.75) is 37.9 Å². The van der Waals surface area contributed by atoms with E-state index in [-0.39, 0.29) is 12.5 Å². The molecule has 0 aliphatic heterocycles. The number of para-hydroxylation sites is 1. The van der Waals surface area contributed by atoms with Crippen LogP contribution in [-0.4, -0.2) is 37.4 Å². The minimum absolute atomic E-state index is 0.279. The van der Waals surface area contributed by atoms with Crippen molar-refractivity contribution in [2.75, 3.05) is 25.5 Å². The zero-order valence-corrected chi connectivity index (χ0v) is 13.3. The highest BCUT2D eigenvalue weighted by atomic mass is 19.1. The van der Waals surface area contributed by atoms with Crippen molar-refractivity contribution < 1.29 is 14.3 Å². The molecule has 0 bridgehead atoms. The number of benzene rings is 1. The van der Waals surface area contributed by atoms with Crippen molar-refractivity contribution in [3.8, 4) is 0 Å². The van der Waals surface area contributed by atoms with Gasteiger partial charge in [0.25, 0.3) is 0 Å². The summed E-state index contributed by atoms with van der Waals surface area (Å²) >= 11 is 0. The van der Waals surface area contributed by atoms with E-state index >= 15 is 0 Å². The van der Waals surface area contributed by atoms with Crippen LogP contribution in [0.3, 0.4) is 0 Å². The van der Waals surface area contributed by atoms with Crippen molar-refractivity contribution in [1.82, 2.24) is 5.32 Å². The maximum absolute atomic E-state index is 14.7. The van der Waals surface area contributed by atoms with Crippen molar-refractivity contribution >= 4 is 11.7 Å². The molecule has 0 atom stereocenters. The molecule has 1 saturated carbocycles. The number of hydrogen-bond donors (Lipinski definition) is 2. The standard InChI is InChI=1S/C17H25FN2O2/c1-20(2)15-6-4-3-5-14(15)11-19-12-17(18)9-7-13(8-10-17)16(21)22/h3-6,13,19H,7-12H2,1-2H3,(H,21,22). The number of nitrogens with zero attached hydrogens (tertiary/aromatic N) is 1. The van der Waals surface area contributed by atoms with Crippen LogP contribution in [0.4, 0.5) is 10.1 Å². The highest BCUT2D eigenvalue weighted by Crippen LogP contribution is 2.35. The van der Waals surface area contributed by atoms with Gasteiger partial charge in [0.15, 0.2) is 0 Å². The Kier molecular flexibility index (Phi) is 5.40. The smallest absolute Gasteiger partial charge is 0.306 e. The molecule has 22 heavy (non-hydrogen) atoms. The summed E-state index contributed by atoms with van der Waals surface area (Å²) in [4.78, 5) is 13.0. The molecule has 1 fully saturated rings. The minimum atomic E-state index is -1.28. The van der Waals surface area contributed by atoms with Crippen molar-refractivity contribution in [1.29, 1.82) is 0 Å². The third-order valence-electron chi connectivity index (χ3n) is 4.46. The van der Waals surface area contributed by atoms with Crippen molar-refractivity contribution in [3.63, 3.8) is 0 Å². The highest BCUT2D eigenvalue weighted by Gasteiger charge is 2.37. The Morgan fingerprint density at radius 1 is 1.36 bits per heavy atom. The van der Waals surface area contributed by atoms with Crippen LogP contribution in [-0.2, 0) is 11.3 Å². The van der Waals surface area contributed by atoms with Gasteiger partial charge in [0.1, 0.15) is 5.67 Å². The number of rotatable bonds is 6. The van der Waals surface area contributed by atoms with Crippen LogP contribution >= 0.6 is 0 Å². The van der Waals surface area contributed by atoms with Crippen LogP contribution in [0.1, 0.15) is 31.2 Å². The lowest BCUT2D eigenvalue weighted by molar-refractivity contribution is -0.143. The fraction of sp³-hybridized carbons (Fsp3) is 0.588. The minimum Gasteiger partial charge on any atom is -0.481 e. The molecule has 1 aliphatic rings. The average Bonchev–Trinajstić information content (AvgIpc) is 2.48. The molecule has 4 nitrogen and oxygen atoms in total. The summed E-state index contributed by atoms with van der Waals surface area (Å²) in [5.74, 6) is -1.17. The second kappa shape index (κ2) is 7.09. The van der Waals surface area contributed by atoms with Gasteiger partial charge in [-0.1, -0.05) is 18.2 Å². The Bertz CT molecular complexity index is 511. The molecule has 2 N–H and O–H groups in total. The van der Waals surface area contributed by atoms with Gasteiger partial charge in [0, 0.05) is 32.9 Å². The predicted molar refractivity (Wildman–Crippen MR) is 85.9 cm³/mol. The summed E-state index contributed by atoms with van der Waals surface area (Å²) < 4.78 is 14.7. The first-order chi connectivity index (χ1) is 10.4. The maximum atomic E-state index is 14.7. The van der Waals surface area contributed by atoms with Crippen LogP contribution in [0, 0.1) is 5.92 Å². The Morgan fingerprint density at radius 2 is 2.00 bits per heavy atom. The largest absolute Gasteiger partial charge is 0.481 e. The summed E-state index contributed by atoms with van der Waals surface area (Å²) in [6.07, 6.45) is 1.52. The molecule has 122 valence electrons. The number of aliphatic carboxylic acids is 1. The summed E-state index contributed by atoms with van der Waals surface area (Å²) in [6.45, 7) is 0.892. The van der Waals surface area contributed by atoms with Gasteiger partial charge in [-0.25, -0.2) is 4.39 Å². The first-order valence-corrected chi connectivity index (χ1v) is 7.79. The second-order valence-corrected chi connectivity index (χ2v) is 6.39. The van der Waals surface area contributed by atoms with Gasteiger partial charge in [-0.05, 0) is 37.3 Å². The van der Waals surface area contributed by atoms with Gasteiger partial charge in [-0.15, -0.1) is 0 Å². The molecule has 0 saturated heterocycles. The SMILES string of the molecule is CN(C)c1ccccc1CNCC1(F)CCC(C(=O)O)CC1. The van der Waals surface area contributed by atoms with E-state index in [2.05, 4.69) is 5.32 Å². The number of alkyl halides is 1. The van der Waals surface area contributed by atoms with Crippen LogP contribution in [0.25, 0.3) is 0 Å². The monoisotopic (exact) mass is 308 g/mol. The molecular weight excluding hydrogens is 283 g/mol. The number of halogens is 1. The molecule has 0 aromatic heterocycles. The number of anilines is 1. The third-order valence-corrected chi connectivity index (χ3v) is 4.46. The van der Waals surface area contributed by atoms with E-state index in [4.69, 9.17) is 5.11 Å². The molecular formula is C17H25FN2O2. The number of carboxylic acids is 1. The predicted octanol–water partition coefficient (Wildman–Crippen LogP) is 2.83. The van der Waals surface area contributed by atoms with Gasteiger partial charge >= 0.3 is 5.97 Å². The third kappa shape index (κ3) is 4.19. The number of nitrogens with one attached hydrogen (secondary N) is 1. The first kappa shape index (κ1) is 16.7. The quantitative estimate of drug-likeness (QED) is 0.848. The van der Waals surface area contributed by atoms with Crippen molar-refractivity contribution in [3.05, 3.63) is 29.8 Å². The molecule has 0 heterocycles. The van der Waals surface area contributed by atoms with E-state index in [1.54, 1.807) is 0 Å². The Labute approximate surface area is 131 Å². The lowest BCUT2D eigenvalue weighted by Gasteiger charge is -2.32. The van der Waals surface area contributed by atoms with Gasteiger partial charge in [-0.3, -0.25) is 4.79 Å². The normalized spacial score (nSPS) is 25.0. The average molecular weight is 308 g/mol. The molecule has 0 unspecified atom stereocenters. The first-order valence-electron chi connectivity index (χ1n) is 7.79. The maximum Gasteiger partial charge on any atom is 0.306 e. The highest BCUT2D eigenvalue weighted by molar-refractivity contribution is 5.70. The van der Waals surface area contributed by atoms with E-state index in [0.29, 0.717) is 32.2 Å². The van der Waals surface area contributed by atoms with Crippen LogP contribution in [0.5, 0.6) is 0 Å². The molecule has 2 rings (SSSR count). The molecule has 0 radical (unpaired) electrons. The van der Waals surface area contributed by atoms with E-state index in [9.17, 15) is 9.18 Å². The van der Waals surface area contributed by atoms with Gasteiger partial charge in [0.2, 0.25) is 0 Å². The zero-order valence-electron chi connectivity index (χ0n) is 13.3. The fourth-order valence-corrected chi connectivity index (χ4v) is 3.08. The van der Waals surface area contributed by atoms with Crippen LogP contribution in [0.15, 0.2) is 24.3 Å². The molecule has 5 heteroatoms. The second-order valence-electron chi connectivity index (χ2n) is 6.39. The lowest BCUT2D eigenvalue weighted by atomic mass is 9.80. The molecule has 0 spiro atoms. The van der Waals surface area contributed by atoms with E-state index in [0.717, 1.165) is 11.3 Å². The topological polar surface area (TPSA) is 52.6 Å². The number of carboxylic acid groups (broad SMARTS) is 1. The van der Waals surface area contributed by atoms with Crippen LogP contribution < -0.4 is 10.2 Å². The van der Waals surface area contributed by atoms with Gasteiger partial charge < -0.3 is 15.3 Å². The molecule has 1 aliphatic carbocycles. The summed E-state index contributed by atoms with van der Waals surface area (Å²) in [7, 11) is 3.98. The van der Waals surface area contributed by atoms with E-state index in [1.165, 1.54) is 0 Å². The number of hydrogen-bond acceptors (Lipinski definition) is 3. The summed E-state index contributed by atoms with van der Waals surface area (Å²) in [5, 5.41) is 12.2. The van der Waals surface area contributed by atoms with Crippen molar-refractivity contribution in [2.24, 2.45) is 5.92 Å². The van der Waals surface area contributed by atoms with E-state index in [1.807, 2.05) is 43.3 Å². The fourth-order valence-electron chi connectivity index (χ4n) is 3.08. The van der Waals surface area contributed by atoms with Gasteiger partial charge in [0.05, 0.1) is 5.92 Å². The molecule has 1 aromatic carbocycles. The Balaban J connectivity index is 1.85. The van der Waals surface area contributed by atoms with Gasteiger partial charge in [-0.2, -0.15) is 0 Å².